The lowest BCUT2D eigenvalue weighted by Crippen LogP contribution is -2.48. The highest BCUT2D eigenvalue weighted by Gasteiger charge is 2.27. The van der Waals surface area contributed by atoms with E-state index in [1.807, 2.05) is 38.1 Å². The fourth-order valence-corrected chi connectivity index (χ4v) is 4.30. The minimum atomic E-state index is -0.654. The number of hydrogen-bond donors (Lipinski definition) is 1. The summed E-state index contributed by atoms with van der Waals surface area (Å²) in [4.78, 5) is 28.4. The first kappa shape index (κ1) is 25.9. The third-order valence-electron chi connectivity index (χ3n) is 4.64. The Kier molecular flexibility index (Phi) is 10.5. The van der Waals surface area contributed by atoms with Crippen LogP contribution in [0.1, 0.15) is 32.8 Å². The molecule has 0 saturated carbocycles. The molecule has 0 aliphatic heterocycles. The van der Waals surface area contributed by atoms with Crippen molar-refractivity contribution >= 4 is 58.4 Å². The molecule has 2 amide bonds. The summed E-state index contributed by atoms with van der Waals surface area (Å²) in [6.45, 7) is 6.48. The molecular formula is C23H27Cl3N2O2S. The van der Waals surface area contributed by atoms with Crippen LogP contribution in [-0.4, -0.2) is 35.1 Å². The Morgan fingerprint density at radius 1 is 1.00 bits per heavy atom. The molecule has 31 heavy (non-hydrogen) atoms. The average Bonchev–Trinajstić information content (AvgIpc) is 2.72. The highest BCUT2D eigenvalue weighted by molar-refractivity contribution is 7.99. The Labute approximate surface area is 203 Å². The Balaban J connectivity index is 2.12. The number of amides is 2. The molecule has 0 aliphatic rings. The molecule has 0 heterocycles. The van der Waals surface area contributed by atoms with E-state index in [9.17, 15) is 9.59 Å². The van der Waals surface area contributed by atoms with Crippen LogP contribution < -0.4 is 5.32 Å². The highest BCUT2D eigenvalue weighted by Crippen LogP contribution is 2.27. The van der Waals surface area contributed by atoms with Crippen molar-refractivity contribution in [1.29, 1.82) is 0 Å². The standard InChI is InChI=1S/C23H27Cl3N2O2S/c1-15(2)13-27-23(30)16(3)28(14-19-20(25)5-4-6-21(19)26)22(29)11-12-31-18-9-7-17(24)8-10-18/h4-10,15-16H,11-14H2,1-3H3,(H,27,30). The second-order valence-corrected chi connectivity index (χ2v) is 10.0. The second-order valence-electron chi connectivity index (χ2n) is 7.59. The smallest absolute Gasteiger partial charge is 0.242 e. The molecule has 2 rings (SSSR count). The zero-order valence-corrected chi connectivity index (χ0v) is 20.9. The summed E-state index contributed by atoms with van der Waals surface area (Å²) in [7, 11) is 0. The molecule has 0 aliphatic carbocycles. The quantitative estimate of drug-likeness (QED) is 0.388. The van der Waals surface area contributed by atoms with Crippen molar-refractivity contribution in [1.82, 2.24) is 10.2 Å². The molecule has 0 aromatic heterocycles. The largest absolute Gasteiger partial charge is 0.354 e. The van der Waals surface area contributed by atoms with Gasteiger partial charge in [0.15, 0.2) is 0 Å². The first-order valence-corrected chi connectivity index (χ1v) is 12.2. The Morgan fingerprint density at radius 3 is 2.19 bits per heavy atom. The van der Waals surface area contributed by atoms with Crippen LogP contribution >= 0.6 is 46.6 Å². The maximum absolute atomic E-state index is 13.1. The number of benzene rings is 2. The van der Waals surface area contributed by atoms with Gasteiger partial charge in [-0.2, -0.15) is 0 Å². The van der Waals surface area contributed by atoms with Crippen molar-refractivity contribution in [2.24, 2.45) is 5.92 Å². The predicted octanol–water partition coefficient (Wildman–Crippen LogP) is 6.32. The maximum Gasteiger partial charge on any atom is 0.242 e. The molecule has 1 unspecified atom stereocenters. The molecule has 0 bridgehead atoms. The van der Waals surface area contributed by atoms with Gasteiger partial charge in [-0.1, -0.05) is 54.7 Å². The minimum Gasteiger partial charge on any atom is -0.354 e. The van der Waals surface area contributed by atoms with Crippen molar-refractivity contribution in [3.63, 3.8) is 0 Å². The first-order chi connectivity index (χ1) is 14.7. The van der Waals surface area contributed by atoms with Gasteiger partial charge in [0, 0.05) is 50.8 Å². The Bertz CT molecular complexity index is 871. The van der Waals surface area contributed by atoms with E-state index in [2.05, 4.69) is 5.32 Å². The van der Waals surface area contributed by atoms with Gasteiger partial charge in [-0.25, -0.2) is 0 Å². The van der Waals surface area contributed by atoms with Crippen LogP contribution in [0.2, 0.25) is 15.1 Å². The number of carbonyl (C=O) groups excluding carboxylic acids is 2. The molecule has 0 saturated heterocycles. The third-order valence-corrected chi connectivity index (χ3v) is 6.61. The minimum absolute atomic E-state index is 0.135. The summed E-state index contributed by atoms with van der Waals surface area (Å²) in [6.07, 6.45) is 0.275. The van der Waals surface area contributed by atoms with E-state index in [4.69, 9.17) is 34.8 Å². The van der Waals surface area contributed by atoms with Crippen molar-refractivity contribution in [2.45, 2.75) is 44.7 Å². The zero-order chi connectivity index (χ0) is 23.0. The van der Waals surface area contributed by atoms with Gasteiger partial charge in [0.25, 0.3) is 0 Å². The van der Waals surface area contributed by atoms with E-state index in [1.54, 1.807) is 41.8 Å². The summed E-state index contributed by atoms with van der Waals surface area (Å²) < 4.78 is 0. The normalized spacial score (nSPS) is 12.0. The summed E-state index contributed by atoms with van der Waals surface area (Å²) in [5.74, 6) is 0.558. The van der Waals surface area contributed by atoms with E-state index in [0.717, 1.165) is 4.90 Å². The molecule has 0 radical (unpaired) electrons. The van der Waals surface area contributed by atoms with Gasteiger partial charge in [0.05, 0.1) is 0 Å². The van der Waals surface area contributed by atoms with E-state index < -0.39 is 6.04 Å². The van der Waals surface area contributed by atoms with Gasteiger partial charge < -0.3 is 10.2 Å². The number of carbonyl (C=O) groups is 2. The van der Waals surface area contributed by atoms with E-state index >= 15 is 0 Å². The monoisotopic (exact) mass is 500 g/mol. The number of halogens is 3. The van der Waals surface area contributed by atoms with Crippen LogP contribution in [0.15, 0.2) is 47.4 Å². The van der Waals surface area contributed by atoms with E-state index in [-0.39, 0.29) is 24.8 Å². The molecule has 168 valence electrons. The lowest BCUT2D eigenvalue weighted by Gasteiger charge is -2.29. The average molecular weight is 502 g/mol. The Morgan fingerprint density at radius 2 is 1.61 bits per heavy atom. The van der Waals surface area contributed by atoms with E-state index in [0.29, 0.717) is 38.8 Å². The van der Waals surface area contributed by atoms with Gasteiger partial charge in [-0.15, -0.1) is 11.8 Å². The number of nitrogens with zero attached hydrogens (tertiary/aromatic N) is 1. The lowest BCUT2D eigenvalue weighted by molar-refractivity contribution is -0.140. The van der Waals surface area contributed by atoms with Gasteiger partial charge in [-0.05, 0) is 49.2 Å². The van der Waals surface area contributed by atoms with Crippen LogP contribution in [0.25, 0.3) is 0 Å². The van der Waals surface area contributed by atoms with Crippen molar-refractivity contribution in [2.75, 3.05) is 12.3 Å². The van der Waals surface area contributed by atoms with Gasteiger partial charge in [0.1, 0.15) is 6.04 Å². The van der Waals surface area contributed by atoms with Crippen molar-refractivity contribution < 1.29 is 9.59 Å². The number of hydrogen-bond acceptors (Lipinski definition) is 3. The second kappa shape index (κ2) is 12.6. The molecule has 4 nitrogen and oxygen atoms in total. The topological polar surface area (TPSA) is 49.4 Å². The van der Waals surface area contributed by atoms with Crippen LogP contribution in [0.5, 0.6) is 0 Å². The highest BCUT2D eigenvalue weighted by atomic mass is 35.5. The Hall–Kier alpha value is -1.40. The molecule has 2 aromatic carbocycles. The fourth-order valence-electron chi connectivity index (χ4n) is 2.82. The number of rotatable bonds is 10. The van der Waals surface area contributed by atoms with E-state index in [1.165, 1.54) is 0 Å². The maximum atomic E-state index is 13.1. The van der Waals surface area contributed by atoms with Crippen LogP contribution in [0.3, 0.4) is 0 Å². The summed E-state index contributed by atoms with van der Waals surface area (Å²) >= 11 is 20.1. The molecular weight excluding hydrogens is 475 g/mol. The fraction of sp³-hybridized carbons (Fsp3) is 0.391. The third kappa shape index (κ3) is 8.23. The summed E-state index contributed by atoms with van der Waals surface area (Å²) in [5, 5.41) is 4.51. The number of nitrogens with one attached hydrogen (secondary N) is 1. The summed E-state index contributed by atoms with van der Waals surface area (Å²) in [6, 6.07) is 12.0. The zero-order valence-electron chi connectivity index (χ0n) is 17.8. The van der Waals surface area contributed by atoms with Crippen molar-refractivity contribution in [3.05, 3.63) is 63.1 Å². The molecule has 8 heteroatoms. The van der Waals surface area contributed by atoms with Crippen molar-refractivity contribution in [3.8, 4) is 0 Å². The van der Waals surface area contributed by atoms with Crippen LogP contribution in [0.4, 0.5) is 0 Å². The predicted molar refractivity (Wildman–Crippen MR) is 131 cm³/mol. The van der Waals surface area contributed by atoms with Crippen LogP contribution in [-0.2, 0) is 16.1 Å². The molecule has 0 spiro atoms. The molecule has 0 fully saturated rings. The first-order valence-electron chi connectivity index (χ1n) is 10.1. The SMILES string of the molecule is CC(C)CNC(=O)C(C)N(Cc1c(Cl)cccc1Cl)C(=O)CCSc1ccc(Cl)cc1. The van der Waals surface area contributed by atoms with Gasteiger partial charge in [-0.3, -0.25) is 9.59 Å². The molecule has 1 atom stereocenters. The lowest BCUT2D eigenvalue weighted by atomic mass is 10.1. The van der Waals surface area contributed by atoms with Gasteiger partial charge in [0.2, 0.25) is 11.8 Å². The molecule has 1 N–H and O–H groups in total. The summed E-state index contributed by atoms with van der Waals surface area (Å²) in [5.41, 5.74) is 0.632. The molecule has 2 aromatic rings. The number of thioether (sulfide) groups is 1. The van der Waals surface area contributed by atoms with Crippen LogP contribution in [0, 0.1) is 5.92 Å². The van der Waals surface area contributed by atoms with Gasteiger partial charge >= 0.3 is 0 Å².